The number of nitrogens with zero attached hydrogens (tertiary/aromatic N) is 1. The molecule has 2 saturated heterocycles. The fourth-order valence-electron chi connectivity index (χ4n) is 3.22. The molecule has 3 rings (SSSR count). The van der Waals surface area contributed by atoms with E-state index in [0.29, 0.717) is 18.5 Å². The molecule has 0 aliphatic carbocycles. The van der Waals surface area contributed by atoms with Crippen LogP contribution < -0.4 is 5.32 Å². The minimum Gasteiger partial charge on any atom is -0.481 e. The Morgan fingerprint density at radius 3 is 2.32 bits per heavy atom. The molecule has 2 heterocycles. The molecule has 8 nitrogen and oxygen atoms in total. The molecule has 0 radical (unpaired) electrons. The minimum atomic E-state index is -1.03. The van der Waals surface area contributed by atoms with Crippen LogP contribution in [0, 0.1) is 22.0 Å². The van der Waals surface area contributed by atoms with E-state index in [-0.39, 0.29) is 11.8 Å². The number of non-ortho nitro benzene ring substituents is 1. The fourth-order valence-corrected chi connectivity index (χ4v) is 3.22. The predicted molar refractivity (Wildman–Crippen MR) is 74.2 cm³/mol. The van der Waals surface area contributed by atoms with Crippen LogP contribution >= 0.6 is 0 Å². The maximum Gasteiger partial charge on any atom is 0.310 e. The average molecular weight is 306 g/mol. The van der Waals surface area contributed by atoms with Crippen LogP contribution in [-0.4, -0.2) is 34.1 Å². The zero-order valence-electron chi connectivity index (χ0n) is 11.5. The molecule has 0 spiro atoms. The number of amides is 1. The Kier molecular flexibility index (Phi) is 3.53. The number of hydrogen-bond donors (Lipinski definition) is 2. The first-order chi connectivity index (χ1) is 10.5. The summed E-state index contributed by atoms with van der Waals surface area (Å²) in [5, 5.41) is 22.5. The highest BCUT2D eigenvalue weighted by molar-refractivity contribution is 5.96. The molecule has 2 N–H and O–H groups in total. The van der Waals surface area contributed by atoms with Crippen LogP contribution in [0.2, 0.25) is 0 Å². The quantitative estimate of drug-likeness (QED) is 0.641. The Hall–Kier alpha value is -2.48. The normalized spacial score (nSPS) is 29.3. The van der Waals surface area contributed by atoms with Gasteiger partial charge >= 0.3 is 5.97 Å². The summed E-state index contributed by atoms with van der Waals surface area (Å²) in [4.78, 5) is 33.7. The van der Waals surface area contributed by atoms with Gasteiger partial charge in [-0.2, -0.15) is 0 Å². The molecule has 2 bridgehead atoms. The number of hydrogen-bond acceptors (Lipinski definition) is 5. The van der Waals surface area contributed by atoms with Gasteiger partial charge in [-0.15, -0.1) is 0 Å². The lowest BCUT2D eigenvalue weighted by molar-refractivity contribution is -0.384. The molecule has 0 saturated carbocycles. The van der Waals surface area contributed by atoms with Crippen LogP contribution in [-0.2, 0) is 14.3 Å². The van der Waals surface area contributed by atoms with E-state index in [4.69, 9.17) is 4.74 Å². The maximum absolute atomic E-state index is 12.3. The number of nitro benzene ring substituents is 1. The standard InChI is InChI=1S/C14H14N2O6/c17-13(15-7-1-3-8(4-2-7)16(20)21)11-9-5-6-10(22-9)12(11)14(18)19/h1-4,9-12H,5-6H2,(H,15,17)(H,18,19)/t9-,10-,11?,12?/m1/s1. The second-order valence-corrected chi connectivity index (χ2v) is 5.47. The Morgan fingerprint density at radius 1 is 1.18 bits per heavy atom. The Morgan fingerprint density at radius 2 is 1.77 bits per heavy atom. The third-order valence-electron chi connectivity index (χ3n) is 4.21. The van der Waals surface area contributed by atoms with E-state index in [2.05, 4.69) is 5.32 Å². The molecule has 0 aromatic heterocycles. The van der Waals surface area contributed by atoms with Gasteiger partial charge in [0, 0.05) is 17.8 Å². The number of carbonyl (C=O) groups is 2. The van der Waals surface area contributed by atoms with Gasteiger partial charge in [-0.1, -0.05) is 0 Å². The maximum atomic E-state index is 12.3. The van der Waals surface area contributed by atoms with Crippen molar-refractivity contribution in [1.82, 2.24) is 0 Å². The third-order valence-corrected chi connectivity index (χ3v) is 4.21. The van der Waals surface area contributed by atoms with Crippen LogP contribution in [0.3, 0.4) is 0 Å². The third kappa shape index (κ3) is 2.41. The molecule has 22 heavy (non-hydrogen) atoms. The fraction of sp³-hybridized carbons (Fsp3) is 0.429. The molecule has 2 aliphatic rings. The number of ether oxygens (including phenoxy) is 1. The van der Waals surface area contributed by atoms with E-state index in [0.717, 1.165) is 0 Å². The van der Waals surface area contributed by atoms with Crippen molar-refractivity contribution in [2.75, 3.05) is 5.32 Å². The van der Waals surface area contributed by atoms with Gasteiger partial charge in [-0.25, -0.2) is 0 Å². The summed E-state index contributed by atoms with van der Waals surface area (Å²) in [7, 11) is 0. The lowest BCUT2D eigenvalue weighted by Gasteiger charge is -2.23. The molecular formula is C14H14N2O6. The highest BCUT2D eigenvalue weighted by Crippen LogP contribution is 2.44. The van der Waals surface area contributed by atoms with Gasteiger partial charge in [-0.05, 0) is 25.0 Å². The van der Waals surface area contributed by atoms with Crippen LogP contribution in [0.15, 0.2) is 24.3 Å². The number of carbonyl (C=O) groups excluding carboxylic acids is 1. The van der Waals surface area contributed by atoms with Crippen LogP contribution in [0.5, 0.6) is 0 Å². The van der Waals surface area contributed by atoms with Crippen LogP contribution in [0.1, 0.15) is 12.8 Å². The lowest BCUT2D eigenvalue weighted by atomic mass is 9.78. The summed E-state index contributed by atoms with van der Waals surface area (Å²) in [6.07, 6.45) is 0.551. The monoisotopic (exact) mass is 306 g/mol. The van der Waals surface area contributed by atoms with Gasteiger partial charge < -0.3 is 15.2 Å². The van der Waals surface area contributed by atoms with E-state index in [1.807, 2.05) is 0 Å². The van der Waals surface area contributed by atoms with Crippen LogP contribution in [0.25, 0.3) is 0 Å². The first-order valence-corrected chi connectivity index (χ1v) is 6.91. The number of carboxylic acids is 1. The molecule has 2 aliphatic heterocycles. The Labute approximate surface area is 125 Å². The number of benzene rings is 1. The van der Waals surface area contributed by atoms with E-state index in [9.17, 15) is 24.8 Å². The number of fused-ring (bicyclic) bond motifs is 2. The van der Waals surface area contributed by atoms with Gasteiger partial charge in [0.05, 0.1) is 29.0 Å². The molecule has 1 aromatic carbocycles. The van der Waals surface area contributed by atoms with Crippen molar-refractivity contribution in [1.29, 1.82) is 0 Å². The topological polar surface area (TPSA) is 119 Å². The van der Waals surface area contributed by atoms with Gasteiger partial charge in [0.15, 0.2) is 0 Å². The smallest absolute Gasteiger partial charge is 0.310 e. The summed E-state index contributed by atoms with van der Waals surface area (Å²) >= 11 is 0. The first-order valence-electron chi connectivity index (χ1n) is 6.91. The lowest BCUT2D eigenvalue weighted by Crippen LogP contribution is -2.40. The number of aliphatic carboxylic acids is 1. The number of nitrogens with one attached hydrogen (secondary N) is 1. The Balaban J connectivity index is 1.73. The van der Waals surface area contributed by atoms with Crippen molar-refractivity contribution in [2.24, 2.45) is 11.8 Å². The summed E-state index contributed by atoms with van der Waals surface area (Å²) in [6, 6.07) is 5.39. The van der Waals surface area contributed by atoms with Gasteiger partial charge in [-0.3, -0.25) is 19.7 Å². The number of carboxylic acid groups (broad SMARTS) is 1. The molecular weight excluding hydrogens is 292 g/mol. The minimum absolute atomic E-state index is 0.0790. The number of anilines is 1. The second kappa shape index (κ2) is 5.38. The molecule has 116 valence electrons. The highest BCUT2D eigenvalue weighted by atomic mass is 16.6. The largest absolute Gasteiger partial charge is 0.481 e. The highest BCUT2D eigenvalue weighted by Gasteiger charge is 2.55. The molecule has 1 aromatic rings. The zero-order valence-corrected chi connectivity index (χ0v) is 11.5. The summed E-state index contributed by atoms with van der Waals surface area (Å²) in [5.74, 6) is -3.02. The van der Waals surface area contributed by atoms with Gasteiger partial charge in [0.2, 0.25) is 5.91 Å². The van der Waals surface area contributed by atoms with Gasteiger partial charge in [0.25, 0.3) is 5.69 Å². The van der Waals surface area contributed by atoms with E-state index < -0.39 is 34.7 Å². The average Bonchev–Trinajstić information content (AvgIpc) is 3.08. The van der Waals surface area contributed by atoms with E-state index >= 15 is 0 Å². The van der Waals surface area contributed by atoms with Crippen molar-refractivity contribution in [3.05, 3.63) is 34.4 Å². The van der Waals surface area contributed by atoms with Crippen molar-refractivity contribution >= 4 is 23.3 Å². The van der Waals surface area contributed by atoms with Crippen molar-refractivity contribution in [3.8, 4) is 0 Å². The van der Waals surface area contributed by atoms with Crippen molar-refractivity contribution < 1.29 is 24.4 Å². The summed E-state index contributed by atoms with van der Waals surface area (Å²) in [6.45, 7) is 0. The van der Waals surface area contributed by atoms with Gasteiger partial charge in [0.1, 0.15) is 0 Å². The van der Waals surface area contributed by atoms with Crippen molar-refractivity contribution in [2.45, 2.75) is 25.0 Å². The molecule has 2 unspecified atom stereocenters. The summed E-state index contributed by atoms with van der Waals surface area (Å²) < 4.78 is 5.54. The molecule has 2 fully saturated rings. The second-order valence-electron chi connectivity index (χ2n) is 5.47. The van der Waals surface area contributed by atoms with Crippen molar-refractivity contribution in [3.63, 3.8) is 0 Å². The summed E-state index contributed by atoms with van der Waals surface area (Å²) in [5.41, 5.74) is 0.312. The number of nitro groups is 1. The molecule has 8 heteroatoms. The molecule has 1 amide bonds. The SMILES string of the molecule is O=C(O)C1C(C(=O)Nc2ccc([N+](=O)[O-])cc2)[C@H]2CC[C@H]1O2. The van der Waals surface area contributed by atoms with E-state index in [1.54, 1.807) is 0 Å². The van der Waals surface area contributed by atoms with Crippen LogP contribution in [0.4, 0.5) is 11.4 Å². The number of rotatable bonds is 4. The zero-order chi connectivity index (χ0) is 15.9. The predicted octanol–water partition coefficient (Wildman–Crippen LogP) is 1.41. The van der Waals surface area contributed by atoms with E-state index in [1.165, 1.54) is 24.3 Å². The Bertz CT molecular complexity index is 629. The first kappa shape index (κ1) is 14.5. The molecule has 4 atom stereocenters.